The number of hydrogen-bond acceptors (Lipinski definition) is 7. The summed E-state index contributed by atoms with van der Waals surface area (Å²) in [6.45, 7) is 2.42. The molecule has 0 unspecified atom stereocenters. The first-order valence-electron chi connectivity index (χ1n) is 18.3. The summed E-state index contributed by atoms with van der Waals surface area (Å²) in [6.07, 6.45) is 5.30. The second-order valence-electron chi connectivity index (χ2n) is 14.4. The van der Waals surface area contributed by atoms with Gasteiger partial charge in [-0.05, 0) is 73.2 Å². The number of amides is 1. The van der Waals surface area contributed by atoms with Crippen LogP contribution in [0, 0.1) is 5.92 Å². The van der Waals surface area contributed by atoms with Crippen molar-refractivity contribution in [3.05, 3.63) is 99.7 Å². The molecule has 2 fully saturated rings. The van der Waals surface area contributed by atoms with Crippen LogP contribution in [-0.4, -0.2) is 71.6 Å². The van der Waals surface area contributed by atoms with Crippen molar-refractivity contribution >= 4 is 46.0 Å². The molecule has 7 rings (SSSR count). The molecule has 1 amide bonds. The van der Waals surface area contributed by atoms with E-state index in [1.54, 1.807) is 14.2 Å². The Morgan fingerprint density at radius 1 is 0.981 bits per heavy atom. The first kappa shape index (κ1) is 37.7. The summed E-state index contributed by atoms with van der Waals surface area (Å²) in [7, 11) is 5.40. The number of benzene rings is 4. The molecule has 1 atom stereocenters. The van der Waals surface area contributed by atoms with E-state index in [0.29, 0.717) is 48.7 Å². The number of ether oxygens (including phenoxy) is 2. The summed E-state index contributed by atoms with van der Waals surface area (Å²) in [5.41, 5.74) is 7.56. The highest BCUT2D eigenvalue weighted by Gasteiger charge is 2.33. The first-order valence-corrected chi connectivity index (χ1v) is 19.1. The van der Waals surface area contributed by atoms with Crippen molar-refractivity contribution in [2.45, 2.75) is 63.8 Å². The minimum absolute atomic E-state index is 0.112. The molecule has 54 heavy (non-hydrogen) atoms. The number of aliphatic carboxylic acids is 1. The minimum Gasteiger partial charge on any atom is -0.496 e. The third-order valence-corrected chi connectivity index (χ3v) is 11.6. The lowest BCUT2D eigenvalue weighted by Crippen LogP contribution is -2.42. The Hall–Kier alpha value is -4.61. The van der Waals surface area contributed by atoms with Crippen molar-refractivity contribution in [3.8, 4) is 33.8 Å². The van der Waals surface area contributed by atoms with Gasteiger partial charge in [0.25, 0.3) is 0 Å². The number of nitrogens with zero attached hydrogens (tertiary/aromatic N) is 3. The van der Waals surface area contributed by atoms with Crippen LogP contribution in [0.5, 0.6) is 11.5 Å². The van der Waals surface area contributed by atoms with Gasteiger partial charge >= 0.3 is 5.97 Å². The molecule has 3 N–H and O–H groups in total. The van der Waals surface area contributed by atoms with Crippen LogP contribution in [0.2, 0.25) is 10.0 Å². The minimum atomic E-state index is -0.734. The molecule has 2 heterocycles. The Kier molecular flexibility index (Phi) is 11.5. The third-order valence-electron chi connectivity index (χ3n) is 10.9. The molecule has 0 radical (unpaired) electrons. The first-order chi connectivity index (χ1) is 26.1. The zero-order valence-electron chi connectivity index (χ0n) is 30.7. The van der Waals surface area contributed by atoms with Gasteiger partial charge < -0.3 is 25.2 Å². The number of aromatic nitrogens is 2. The number of carboxylic acid groups (broad SMARTS) is 1. The lowest BCUT2D eigenvalue weighted by Gasteiger charge is -2.41. The third kappa shape index (κ3) is 8.07. The molecule has 5 aromatic rings. The summed E-state index contributed by atoms with van der Waals surface area (Å²) < 4.78 is 13.6. The highest BCUT2D eigenvalue weighted by Crippen LogP contribution is 2.41. The zero-order chi connectivity index (χ0) is 37.9. The van der Waals surface area contributed by atoms with Crippen molar-refractivity contribution < 1.29 is 24.2 Å². The highest BCUT2D eigenvalue weighted by molar-refractivity contribution is 6.36. The number of carbonyl (C=O) groups excluding carboxylic acids is 1. The number of halogens is 2. The maximum absolute atomic E-state index is 11.6. The van der Waals surface area contributed by atoms with E-state index in [4.69, 9.17) is 42.9 Å². The smallest absolute Gasteiger partial charge is 0.303 e. The highest BCUT2D eigenvalue weighted by atomic mass is 35.5. The van der Waals surface area contributed by atoms with E-state index in [1.165, 1.54) is 0 Å². The van der Waals surface area contributed by atoms with Crippen molar-refractivity contribution in [1.82, 2.24) is 25.3 Å². The van der Waals surface area contributed by atoms with Gasteiger partial charge in [-0.2, -0.15) is 5.10 Å². The monoisotopic (exact) mass is 769 g/mol. The van der Waals surface area contributed by atoms with Crippen LogP contribution in [-0.2, 0) is 29.2 Å². The van der Waals surface area contributed by atoms with Crippen molar-refractivity contribution in [2.75, 3.05) is 27.8 Å². The number of carbonyl (C=O) groups is 2. The summed E-state index contributed by atoms with van der Waals surface area (Å²) >= 11 is 14.1. The lowest BCUT2D eigenvalue weighted by atomic mass is 9.77. The maximum atomic E-state index is 11.6. The van der Waals surface area contributed by atoms with E-state index >= 15 is 0 Å². The molecule has 1 saturated carbocycles. The summed E-state index contributed by atoms with van der Waals surface area (Å²) in [6, 6.07) is 22.8. The fourth-order valence-corrected chi connectivity index (χ4v) is 8.38. The molecule has 2 aliphatic rings. The van der Waals surface area contributed by atoms with Crippen molar-refractivity contribution in [1.29, 1.82) is 0 Å². The Morgan fingerprint density at radius 3 is 2.46 bits per heavy atom. The predicted molar refractivity (Wildman–Crippen MR) is 212 cm³/mol. The number of rotatable bonds is 15. The zero-order valence-corrected chi connectivity index (χ0v) is 32.2. The van der Waals surface area contributed by atoms with Gasteiger partial charge in [-0.3, -0.25) is 19.2 Å². The molecule has 1 aliphatic heterocycles. The Labute approximate surface area is 325 Å². The van der Waals surface area contributed by atoms with Gasteiger partial charge in [-0.1, -0.05) is 65.7 Å². The Morgan fingerprint density at radius 2 is 1.72 bits per heavy atom. The van der Waals surface area contributed by atoms with Crippen LogP contribution in [0.4, 0.5) is 0 Å². The number of fused-ring (bicyclic) bond motifs is 1. The van der Waals surface area contributed by atoms with E-state index in [0.717, 1.165) is 80.6 Å². The fraction of sp³-hybridized carbons (Fsp3) is 0.357. The maximum Gasteiger partial charge on any atom is 0.303 e. The average Bonchev–Trinajstić information content (AvgIpc) is 3.76. The summed E-state index contributed by atoms with van der Waals surface area (Å²) in [5, 5.41) is 22.6. The number of carboxylic acids is 1. The molecular weight excluding hydrogens is 725 g/mol. The molecule has 4 aromatic carbocycles. The van der Waals surface area contributed by atoms with Crippen LogP contribution in [0.15, 0.2) is 72.9 Å². The van der Waals surface area contributed by atoms with Gasteiger partial charge in [0, 0.05) is 77.2 Å². The number of nitrogens with one attached hydrogen (secondary N) is 2. The van der Waals surface area contributed by atoms with E-state index < -0.39 is 5.97 Å². The van der Waals surface area contributed by atoms with E-state index in [9.17, 15) is 9.59 Å². The van der Waals surface area contributed by atoms with Gasteiger partial charge in [0.1, 0.15) is 11.5 Å². The van der Waals surface area contributed by atoms with Crippen molar-refractivity contribution in [3.63, 3.8) is 0 Å². The van der Waals surface area contributed by atoms with Gasteiger partial charge in [-0.15, -0.1) is 0 Å². The quantitative estimate of drug-likeness (QED) is 0.0988. The molecule has 12 heteroatoms. The van der Waals surface area contributed by atoms with E-state index in [-0.39, 0.29) is 24.3 Å². The molecule has 0 spiro atoms. The number of hydrogen-bond donors (Lipinski definition) is 3. The van der Waals surface area contributed by atoms with Gasteiger partial charge in [-0.25, -0.2) is 0 Å². The largest absolute Gasteiger partial charge is 0.496 e. The van der Waals surface area contributed by atoms with Gasteiger partial charge in [0.15, 0.2) is 0 Å². The second kappa shape index (κ2) is 16.4. The second-order valence-corrected chi connectivity index (χ2v) is 15.2. The lowest BCUT2D eigenvalue weighted by molar-refractivity contribution is -0.139. The van der Waals surface area contributed by atoms with Crippen LogP contribution < -0.4 is 20.1 Å². The standard InChI is InChI=1S/C42H45Cl2N5O5/c1-48(31-14-25(15-31)16-41(51)52)23-29-17-36(43)28(19-39(29)54-3)24-49-37-9-5-7-33(35(37)22-46-49)34-8-4-6-32(42(34)44)26-10-11-27(38(18-26)53-2)20-45-21-30-12-13-40(50)47-30/h4-11,17-19,22,25,30-31,45H,12-16,20-21,23-24H2,1-3H3,(H,47,50)(H,51,52)/t25?,30-,31?/m0/s1. The van der Waals surface area contributed by atoms with Crippen LogP contribution >= 0.6 is 23.2 Å². The van der Waals surface area contributed by atoms with Crippen LogP contribution in [0.25, 0.3) is 33.2 Å². The average molecular weight is 771 g/mol. The number of methoxy groups -OCH3 is 2. The van der Waals surface area contributed by atoms with Crippen LogP contribution in [0.3, 0.4) is 0 Å². The molecule has 1 saturated heterocycles. The molecule has 1 aliphatic carbocycles. The SMILES string of the molecule is COc1cc(-c2cccc(-c3cccc4c3cnn4Cc3cc(OC)c(CN(C)C4CC(CC(=O)O)C4)cc3Cl)c2Cl)ccc1CNC[C@@H]1CCC(=O)N1. The molecule has 10 nitrogen and oxygen atoms in total. The molecule has 0 bridgehead atoms. The normalized spacial score (nSPS) is 18.2. The molecule has 1 aromatic heterocycles. The summed E-state index contributed by atoms with van der Waals surface area (Å²) in [5.74, 6) is 1.13. The van der Waals surface area contributed by atoms with Crippen LogP contribution in [0.1, 0.15) is 48.8 Å². The van der Waals surface area contributed by atoms with Gasteiger partial charge in [0.05, 0.1) is 37.5 Å². The van der Waals surface area contributed by atoms with E-state index in [1.807, 2.05) is 59.4 Å². The Balaban J connectivity index is 1.08. The predicted octanol–water partition coefficient (Wildman–Crippen LogP) is 7.80. The summed E-state index contributed by atoms with van der Waals surface area (Å²) in [4.78, 5) is 24.9. The molecular formula is C42H45Cl2N5O5. The topological polar surface area (TPSA) is 118 Å². The van der Waals surface area contributed by atoms with E-state index in [2.05, 4.69) is 40.8 Å². The molecule has 282 valence electrons. The fourth-order valence-electron chi connectivity index (χ4n) is 7.80. The van der Waals surface area contributed by atoms with Crippen molar-refractivity contribution in [2.24, 2.45) is 5.92 Å². The van der Waals surface area contributed by atoms with Gasteiger partial charge in [0.2, 0.25) is 5.91 Å². The Bertz CT molecular complexity index is 2180.